The maximum Gasteiger partial charge on any atom is 0.342 e. The number of aryl methyl sites for hydroxylation is 1. The average molecular weight is 428 g/mol. The molecule has 1 atom stereocenters. The van der Waals surface area contributed by atoms with Crippen molar-refractivity contribution in [3.63, 3.8) is 0 Å². The highest BCUT2D eigenvalue weighted by Crippen LogP contribution is 2.23. The summed E-state index contributed by atoms with van der Waals surface area (Å²) in [5.74, 6) is 0.176. The molecule has 0 amide bonds. The lowest BCUT2D eigenvalue weighted by molar-refractivity contribution is 0.0525. The van der Waals surface area contributed by atoms with E-state index in [-0.39, 0.29) is 12.1 Å². The van der Waals surface area contributed by atoms with E-state index in [1.54, 1.807) is 6.92 Å². The number of benzene rings is 1. The molecule has 170 valence electrons. The number of carbonyl (C=O) groups is 1. The molecule has 0 spiro atoms. The predicted molar refractivity (Wildman–Crippen MR) is 125 cm³/mol. The Labute approximate surface area is 187 Å². The van der Waals surface area contributed by atoms with Gasteiger partial charge in [0.25, 0.3) is 0 Å². The van der Waals surface area contributed by atoms with Crippen LogP contribution in [0, 0.1) is 6.92 Å². The molecule has 0 fully saturated rings. The molecule has 2 rings (SSSR count). The maximum absolute atomic E-state index is 12.7. The molecule has 0 aliphatic heterocycles. The molecule has 1 N–H and O–H groups in total. The Morgan fingerprint density at radius 3 is 2.29 bits per heavy atom. The van der Waals surface area contributed by atoms with Crippen molar-refractivity contribution >= 4 is 11.8 Å². The summed E-state index contributed by atoms with van der Waals surface area (Å²) in [6.07, 6.45) is -0.0134. The van der Waals surface area contributed by atoms with E-state index in [0.717, 1.165) is 16.8 Å². The van der Waals surface area contributed by atoms with Crippen LogP contribution in [-0.4, -0.2) is 40.7 Å². The van der Waals surface area contributed by atoms with E-state index in [1.165, 1.54) is 0 Å². The van der Waals surface area contributed by atoms with Crippen molar-refractivity contribution in [2.45, 2.75) is 79.9 Å². The molecular weight excluding hydrogens is 390 g/mol. The number of ether oxygens (including phenoxy) is 2. The van der Waals surface area contributed by atoms with Crippen molar-refractivity contribution in [1.29, 1.82) is 0 Å². The third kappa shape index (κ3) is 7.04. The number of nitrogens with one attached hydrogen (secondary N) is 1. The first-order valence-corrected chi connectivity index (χ1v) is 11.1. The molecule has 2 aromatic rings. The van der Waals surface area contributed by atoms with Gasteiger partial charge in [-0.05, 0) is 65.7 Å². The van der Waals surface area contributed by atoms with Crippen LogP contribution in [0.4, 0.5) is 5.82 Å². The molecule has 0 saturated carbocycles. The van der Waals surface area contributed by atoms with Gasteiger partial charge in [0, 0.05) is 12.1 Å². The number of hydrogen-bond donors (Lipinski definition) is 1. The third-order valence-electron chi connectivity index (χ3n) is 5.10. The minimum absolute atomic E-state index is 0.0134. The highest BCUT2D eigenvalue weighted by molar-refractivity contribution is 5.96. The van der Waals surface area contributed by atoms with Crippen LogP contribution >= 0.6 is 0 Å². The molecule has 0 aliphatic rings. The molecule has 1 unspecified atom stereocenters. The molecule has 31 heavy (non-hydrogen) atoms. The number of anilines is 1. The fourth-order valence-corrected chi connectivity index (χ4v) is 3.99. The van der Waals surface area contributed by atoms with Crippen LogP contribution < -0.4 is 5.32 Å². The van der Waals surface area contributed by atoms with Crippen LogP contribution in [0.15, 0.2) is 36.4 Å². The lowest BCUT2D eigenvalue weighted by Crippen LogP contribution is -2.47. The number of carbonyl (C=O) groups excluding carboxylic acids is 1. The van der Waals surface area contributed by atoms with Gasteiger partial charge in [0.2, 0.25) is 0 Å². The third-order valence-corrected chi connectivity index (χ3v) is 5.10. The maximum atomic E-state index is 12.7. The van der Waals surface area contributed by atoms with E-state index < -0.39 is 0 Å². The Balaban J connectivity index is 2.27. The van der Waals surface area contributed by atoms with Gasteiger partial charge in [-0.25, -0.2) is 9.78 Å². The van der Waals surface area contributed by atoms with E-state index in [2.05, 4.69) is 44.8 Å². The number of nitrogens with zero attached hydrogens (tertiary/aromatic N) is 2. The molecular formula is C25H37N3O3. The largest absolute Gasteiger partial charge is 0.462 e. The Morgan fingerprint density at radius 2 is 1.71 bits per heavy atom. The molecule has 6 nitrogen and oxygen atoms in total. The van der Waals surface area contributed by atoms with E-state index in [4.69, 9.17) is 14.5 Å². The van der Waals surface area contributed by atoms with Gasteiger partial charge >= 0.3 is 5.97 Å². The van der Waals surface area contributed by atoms with Crippen molar-refractivity contribution in [2.75, 3.05) is 11.9 Å². The predicted octanol–water partition coefficient (Wildman–Crippen LogP) is 5.16. The molecule has 0 bridgehead atoms. The summed E-state index contributed by atoms with van der Waals surface area (Å²) >= 11 is 0. The quantitative estimate of drug-likeness (QED) is 0.395. The number of esters is 1. The highest BCUT2D eigenvalue weighted by atomic mass is 16.5. The second kappa shape index (κ2) is 11.8. The van der Waals surface area contributed by atoms with Crippen LogP contribution in [0.5, 0.6) is 0 Å². The zero-order chi connectivity index (χ0) is 23.0. The summed E-state index contributed by atoms with van der Waals surface area (Å²) in [5, 5.41) is 3.46. The zero-order valence-corrected chi connectivity index (χ0v) is 19.9. The fraction of sp³-hybridized carbons (Fsp3) is 0.520. The highest BCUT2D eigenvalue weighted by Gasteiger charge is 2.24. The van der Waals surface area contributed by atoms with Gasteiger partial charge in [-0.1, -0.05) is 30.3 Å². The summed E-state index contributed by atoms with van der Waals surface area (Å²) in [7, 11) is 0. The summed E-state index contributed by atoms with van der Waals surface area (Å²) in [5.41, 5.74) is 3.19. The van der Waals surface area contributed by atoms with E-state index in [1.807, 2.05) is 43.3 Å². The van der Waals surface area contributed by atoms with Crippen LogP contribution in [0.3, 0.4) is 0 Å². The van der Waals surface area contributed by atoms with Gasteiger partial charge in [-0.2, -0.15) is 0 Å². The van der Waals surface area contributed by atoms with E-state index in [0.29, 0.717) is 43.3 Å². The van der Waals surface area contributed by atoms with Crippen LogP contribution in [0.1, 0.15) is 68.7 Å². The Kier molecular flexibility index (Phi) is 9.46. The van der Waals surface area contributed by atoms with Gasteiger partial charge in [-0.3, -0.25) is 4.90 Å². The van der Waals surface area contributed by atoms with Gasteiger partial charge in [-0.15, -0.1) is 0 Å². The average Bonchev–Trinajstić information content (AvgIpc) is 2.68. The molecule has 6 heteroatoms. The smallest absolute Gasteiger partial charge is 0.342 e. The number of hydrogen-bond acceptors (Lipinski definition) is 6. The lowest BCUT2D eigenvalue weighted by atomic mass is 10.1. The molecule has 0 radical (unpaired) electrons. The van der Waals surface area contributed by atoms with Crippen LogP contribution in [0.2, 0.25) is 0 Å². The zero-order valence-electron chi connectivity index (χ0n) is 19.9. The second-order valence-corrected chi connectivity index (χ2v) is 8.31. The number of rotatable bonds is 11. The summed E-state index contributed by atoms with van der Waals surface area (Å²) in [6.45, 7) is 15.6. The SMILES string of the molecule is CCOC(=O)c1c(C)cc(COCc2ccccc2)nc1NC(C)N(C(C)C)C(C)C. The molecule has 1 aromatic heterocycles. The van der Waals surface area contributed by atoms with Crippen LogP contribution in [0.25, 0.3) is 0 Å². The van der Waals surface area contributed by atoms with Gasteiger partial charge in [0.15, 0.2) is 0 Å². The number of pyridine rings is 1. The molecule has 0 aliphatic carbocycles. The van der Waals surface area contributed by atoms with Crippen LogP contribution in [-0.2, 0) is 22.7 Å². The Morgan fingerprint density at radius 1 is 1.06 bits per heavy atom. The van der Waals surface area contributed by atoms with E-state index in [9.17, 15) is 4.79 Å². The van der Waals surface area contributed by atoms with Gasteiger partial charge in [0.05, 0.1) is 31.7 Å². The molecule has 1 aromatic carbocycles. The van der Waals surface area contributed by atoms with Crippen molar-refractivity contribution in [1.82, 2.24) is 9.88 Å². The first-order valence-electron chi connectivity index (χ1n) is 11.1. The van der Waals surface area contributed by atoms with Crippen molar-refractivity contribution in [3.05, 3.63) is 58.8 Å². The summed E-state index contributed by atoms with van der Waals surface area (Å²) in [6, 6.07) is 12.6. The van der Waals surface area contributed by atoms with Crippen molar-refractivity contribution < 1.29 is 14.3 Å². The number of aromatic nitrogens is 1. The first kappa shape index (κ1) is 24.8. The standard InChI is InChI=1S/C25H37N3O3/c1-8-31-25(29)23-19(6)14-22(16-30-15-21-12-10-9-11-13-21)27-24(23)26-20(7)28(17(2)3)18(4)5/h9-14,17-18,20H,8,15-16H2,1-7H3,(H,26,27). The topological polar surface area (TPSA) is 63.7 Å². The lowest BCUT2D eigenvalue weighted by Gasteiger charge is -2.37. The molecule has 0 saturated heterocycles. The Bertz CT molecular complexity index is 829. The van der Waals surface area contributed by atoms with Gasteiger partial charge in [0.1, 0.15) is 11.4 Å². The summed E-state index contributed by atoms with van der Waals surface area (Å²) in [4.78, 5) is 19.8. The first-order chi connectivity index (χ1) is 14.7. The minimum atomic E-state index is -0.361. The second-order valence-electron chi connectivity index (χ2n) is 8.31. The van der Waals surface area contributed by atoms with Crippen molar-refractivity contribution in [3.8, 4) is 0 Å². The van der Waals surface area contributed by atoms with Gasteiger partial charge < -0.3 is 14.8 Å². The van der Waals surface area contributed by atoms with Crippen molar-refractivity contribution in [2.24, 2.45) is 0 Å². The van der Waals surface area contributed by atoms with E-state index >= 15 is 0 Å². The minimum Gasteiger partial charge on any atom is -0.462 e. The normalized spacial score (nSPS) is 12.5. The monoisotopic (exact) mass is 427 g/mol. The fourth-order valence-electron chi connectivity index (χ4n) is 3.99. The Hall–Kier alpha value is -2.44. The summed E-state index contributed by atoms with van der Waals surface area (Å²) < 4.78 is 11.2. The molecule has 1 heterocycles.